The van der Waals surface area contributed by atoms with Gasteiger partial charge in [0.25, 0.3) is 0 Å². The fourth-order valence-electron chi connectivity index (χ4n) is 3.35. The Bertz CT molecular complexity index is 1260. The third-order valence-electron chi connectivity index (χ3n) is 5.12. The lowest BCUT2D eigenvalue weighted by Gasteiger charge is -2.11. The van der Waals surface area contributed by atoms with E-state index in [1.165, 1.54) is 23.7 Å². The summed E-state index contributed by atoms with van der Waals surface area (Å²) < 4.78 is 36.2. The summed E-state index contributed by atoms with van der Waals surface area (Å²) in [5.41, 5.74) is 3.24. The van der Waals surface area contributed by atoms with Crippen LogP contribution in [0.4, 0.5) is 4.39 Å². The molecule has 1 N–H and O–H groups in total. The Labute approximate surface area is 208 Å². The van der Waals surface area contributed by atoms with Gasteiger partial charge in [0.2, 0.25) is 5.91 Å². The Morgan fingerprint density at radius 1 is 1.20 bits per heavy atom. The number of esters is 1. The summed E-state index contributed by atoms with van der Waals surface area (Å²) in [6, 6.07) is 10.0. The molecule has 0 saturated heterocycles. The zero-order chi connectivity index (χ0) is 25.5. The Kier molecular flexibility index (Phi) is 9.23. The normalized spacial score (nSPS) is 11.8. The largest absolute Gasteiger partial charge is 0.457 e. The molecule has 186 valence electrons. The third-order valence-corrected chi connectivity index (χ3v) is 6.68. The first-order valence-electron chi connectivity index (χ1n) is 11.0. The van der Waals surface area contributed by atoms with Crippen LogP contribution in [0.2, 0.25) is 0 Å². The number of nitrogens with one attached hydrogen (secondary N) is 1. The smallest absolute Gasteiger partial charge is 0.306 e. The van der Waals surface area contributed by atoms with Crippen molar-refractivity contribution in [2.75, 3.05) is 6.16 Å². The fraction of sp³-hybridized carbons (Fsp3) is 0.333. The van der Waals surface area contributed by atoms with E-state index in [2.05, 4.69) is 24.0 Å². The highest BCUT2D eigenvalue weighted by atomic mass is 32.2. The number of carbonyl (C=O) groups excluding carboxylic acids is 2. The van der Waals surface area contributed by atoms with Crippen LogP contribution in [-0.4, -0.2) is 37.0 Å². The lowest BCUT2D eigenvalue weighted by Crippen LogP contribution is -2.22. The molecular formula is C24H28FN4O4PS. The number of rotatable bonds is 10. The van der Waals surface area contributed by atoms with Gasteiger partial charge < -0.3 is 4.74 Å². The van der Waals surface area contributed by atoms with E-state index < -0.39 is 22.7 Å². The van der Waals surface area contributed by atoms with Crippen LogP contribution in [-0.2, 0) is 38.3 Å². The topological polar surface area (TPSA) is 103 Å². The molecule has 2 aromatic carbocycles. The summed E-state index contributed by atoms with van der Waals surface area (Å²) in [4.78, 5) is 27.8. The Hall–Kier alpha value is -2.97. The minimum Gasteiger partial charge on any atom is -0.457 e. The zero-order valence-electron chi connectivity index (χ0n) is 19.8. The van der Waals surface area contributed by atoms with Gasteiger partial charge in [0.15, 0.2) is 23.4 Å². The maximum Gasteiger partial charge on any atom is 0.306 e. The minimum atomic E-state index is -1.88. The van der Waals surface area contributed by atoms with E-state index in [-0.39, 0.29) is 29.0 Å². The molecule has 35 heavy (non-hydrogen) atoms. The molecule has 1 heterocycles. The lowest BCUT2D eigenvalue weighted by molar-refractivity contribution is -0.145. The number of aryl methyl sites for hydroxylation is 2. The molecule has 0 spiro atoms. The second kappa shape index (κ2) is 12.1. The molecule has 2 atom stereocenters. The van der Waals surface area contributed by atoms with Crippen LogP contribution < -0.4 is 4.72 Å². The summed E-state index contributed by atoms with van der Waals surface area (Å²) in [5.74, 6) is -0.816. The van der Waals surface area contributed by atoms with Gasteiger partial charge in [-0.15, -0.1) is 14.3 Å². The van der Waals surface area contributed by atoms with Crippen LogP contribution in [0, 0.1) is 19.7 Å². The van der Waals surface area contributed by atoms with E-state index in [1.54, 1.807) is 0 Å². The third kappa shape index (κ3) is 7.26. The van der Waals surface area contributed by atoms with Gasteiger partial charge in [0.05, 0.1) is 4.90 Å². The van der Waals surface area contributed by atoms with E-state index in [1.807, 2.05) is 32.0 Å². The van der Waals surface area contributed by atoms with Crippen LogP contribution in [0.1, 0.15) is 48.1 Å². The highest BCUT2D eigenvalue weighted by Gasteiger charge is 2.19. The van der Waals surface area contributed by atoms with Crippen molar-refractivity contribution in [1.29, 1.82) is 0 Å². The molecule has 3 aromatic rings. The fourth-order valence-corrected chi connectivity index (χ4v) is 4.33. The van der Waals surface area contributed by atoms with Crippen molar-refractivity contribution < 1.29 is 22.9 Å². The average molecular weight is 519 g/mol. The van der Waals surface area contributed by atoms with Crippen LogP contribution in [0.25, 0.3) is 5.69 Å². The van der Waals surface area contributed by atoms with Crippen LogP contribution in [0.3, 0.4) is 0 Å². The van der Waals surface area contributed by atoms with E-state index in [4.69, 9.17) is 4.74 Å². The first kappa shape index (κ1) is 26.6. The second-order valence-electron chi connectivity index (χ2n) is 8.06. The van der Waals surface area contributed by atoms with Crippen molar-refractivity contribution in [2.45, 2.75) is 51.5 Å². The molecule has 1 amide bonds. The number of ether oxygens (including phenoxy) is 1. The Morgan fingerprint density at radius 2 is 1.97 bits per heavy atom. The van der Waals surface area contributed by atoms with Crippen molar-refractivity contribution in [3.05, 3.63) is 70.6 Å². The summed E-state index contributed by atoms with van der Waals surface area (Å²) in [6.45, 7) is 5.07. The SMILES string of the molecule is CC(=O)NS(=O)c1ccc(-n2nc(COC(=O)CCCP)nc2Cc2cc(C)ccc2C)c(F)c1. The summed E-state index contributed by atoms with van der Waals surface area (Å²) in [7, 11) is 0.679. The van der Waals surface area contributed by atoms with Gasteiger partial charge in [0.1, 0.15) is 17.3 Å². The molecule has 11 heteroatoms. The molecule has 2 unspecified atom stereocenters. The summed E-state index contributed by atoms with van der Waals surface area (Å²) in [5, 5.41) is 4.40. The Morgan fingerprint density at radius 3 is 2.66 bits per heavy atom. The molecule has 0 aliphatic rings. The number of hydrogen-bond acceptors (Lipinski definition) is 6. The van der Waals surface area contributed by atoms with E-state index in [0.717, 1.165) is 28.9 Å². The molecule has 8 nitrogen and oxygen atoms in total. The number of nitrogens with zero attached hydrogens (tertiary/aromatic N) is 3. The van der Waals surface area contributed by atoms with Crippen molar-refractivity contribution >= 4 is 32.1 Å². The van der Waals surface area contributed by atoms with Gasteiger partial charge in [-0.05, 0) is 55.8 Å². The van der Waals surface area contributed by atoms with Gasteiger partial charge >= 0.3 is 5.97 Å². The molecular weight excluding hydrogens is 490 g/mol. The van der Waals surface area contributed by atoms with Crippen molar-refractivity contribution in [2.24, 2.45) is 0 Å². The van der Waals surface area contributed by atoms with E-state index in [9.17, 15) is 13.8 Å². The van der Waals surface area contributed by atoms with E-state index in [0.29, 0.717) is 25.1 Å². The maximum atomic E-state index is 15.1. The zero-order valence-corrected chi connectivity index (χ0v) is 21.8. The predicted octanol–water partition coefficient (Wildman–Crippen LogP) is 3.47. The number of amides is 1. The number of carbonyl (C=O) groups is 2. The first-order valence-corrected chi connectivity index (χ1v) is 13.0. The second-order valence-corrected chi connectivity index (χ2v) is 9.85. The molecule has 1 aromatic heterocycles. The molecule has 3 rings (SSSR count). The van der Waals surface area contributed by atoms with Crippen LogP contribution >= 0.6 is 9.24 Å². The van der Waals surface area contributed by atoms with Gasteiger partial charge in [-0.2, -0.15) is 0 Å². The first-order chi connectivity index (χ1) is 16.7. The lowest BCUT2D eigenvalue weighted by atomic mass is 10.0. The monoisotopic (exact) mass is 518 g/mol. The van der Waals surface area contributed by atoms with E-state index >= 15 is 4.39 Å². The average Bonchev–Trinajstić information content (AvgIpc) is 3.20. The van der Waals surface area contributed by atoms with Crippen molar-refractivity contribution in [3.8, 4) is 5.69 Å². The van der Waals surface area contributed by atoms with Crippen molar-refractivity contribution in [1.82, 2.24) is 19.5 Å². The molecule has 0 aliphatic heterocycles. The summed E-state index contributed by atoms with van der Waals surface area (Å²) >= 11 is 0. The summed E-state index contributed by atoms with van der Waals surface area (Å²) in [6.07, 6.45) is 2.16. The van der Waals surface area contributed by atoms with Gasteiger partial charge in [-0.1, -0.05) is 23.8 Å². The molecule has 0 radical (unpaired) electrons. The number of halogens is 1. The van der Waals surface area contributed by atoms with Crippen LogP contribution in [0.15, 0.2) is 41.3 Å². The maximum absolute atomic E-state index is 15.1. The van der Waals surface area contributed by atoms with Gasteiger partial charge in [-0.25, -0.2) is 18.3 Å². The molecule has 0 fully saturated rings. The number of benzene rings is 2. The van der Waals surface area contributed by atoms with Crippen molar-refractivity contribution in [3.63, 3.8) is 0 Å². The molecule has 0 aliphatic carbocycles. The van der Waals surface area contributed by atoms with Gasteiger partial charge in [0, 0.05) is 19.8 Å². The number of aromatic nitrogens is 3. The standard InChI is InChI=1S/C24H28FN4O4PS/c1-15-6-7-16(2)18(11-15)12-23-26-22(14-33-24(31)5-4-10-34)27-29(23)21-9-8-19(13-20(21)25)35(32)28-17(3)30/h6-9,11,13H,4-5,10,12,14,34H2,1-3H3,(H,28,30). The predicted molar refractivity (Wildman–Crippen MR) is 134 cm³/mol. The minimum absolute atomic E-state index is 0.0990. The van der Waals surface area contributed by atoms with Crippen LogP contribution in [0.5, 0.6) is 0 Å². The molecule has 0 bridgehead atoms. The van der Waals surface area contributed by atoms with Gasteiger partial charge in [-0.3, -0.25) is 14.3 Å². The highest BCUT2D eigenvalue weighted by Crippen LogP contribution is 2.21. The highest BCUT2D eigenvalue weighted by molar-refractivity contribution is 7.83. The quantitative estimate of drug-likeness (QED) is 0.326. The molecule has 0 saturated carbocycles. The Balaban J connectivity index is 1.95. The number of hydrogen-bond donors (Lipinski definition) is 1.